The number of hydrogen-bond donors (Lipinski definition) is 1. The Balaban J connectivity index is 1.61. The molecule has 0 fully saturated rings. The van der Waals surface area contributed by atoms with E-state index >= 15 is 0 Å². The molecule has 0 unspecified atom stereocenters. The summed E-state index contributed by atoms with van der Waals surface area (Å²) in [5.41, 5.74) is 1.28. The van der Waals surface area contributed by atoms with Crippen LogP contribution in [0.1, 0.15) is 5.56 Å². The number of aromatic nitrogens is 2. The van der Waals surface area contributed by atoms with E-state index < -0.39 is 22.0 Å². The van der Waals surface area contributed by atoms with Gasteiger partial charge in [0.25, 0.3) is 15.9 Å². The van der Waals surface area contributed by atoms with Gasteiger partial charge in [0.1, 0.15) is 5.75 Å². The first-order valence-electron chi connectivity index (χ1n) is 9.61. The number of sulfonamides is 1. The lowest BCUT2D eigenvalue weighted by Crippen LogP contribution is -2.48. The highest BCUT2D eigenvalue weighted by molar-refractivity contribution is 8.01. The van der Waals surface area contributed by atoms with Crippen LogP contribution >= 0.6 is 23.1 Å². The van der Waals surface area contributed by atoms with Crippen LogP contribution in [0.3, 0.4) is 0 Å². The largest absolute Gasteiger partial charge is 0.476 e. The minimum absolute atomic E-state index is 0.139. The minimum Gasteiger partial charge on any atom is -0.476 e. The number of anilines is 2. The summed E-state index contributed by atoms with van der Waals surface area (Å²) in [6.45, 7) is 5.36. The van der Waals surface area contributed by atoms with Crippen LogP contribution in [0.5, 0.6) is 5.75 Å². The van der Waals surface area contributed by atoms with E-state index in [1.165, 1.54) is 39.5 Å². The predicted octanol–water partition coefficient (Wildman–Crippen LogP) is 3.72. The summed E-state index contributed by atoms with van der Waals surface area (Å²) in [5, 5.41) is 11.0. The number of amides is 1. The van der Waals surface area contributed by atoms with Crippen molar-refractivity contribution in [2.75, 3.05) is 21.9 Å². The highest BCUT2D eigenvalue weighted by Gasteiger charge is 2.37. The van der Waals surface area contributed by atoms with Crippen molar-refractivity contribution in [1.29, 1.82) is 0 Å². The van der Waals surface area contributed by atoms with E-state index in [-0.39, 0.29) is 11.4 Å². The summed E-state index contributed by atoms with van der Waals surface area (Å²) < 4.78 is 34.6. The number of fused-ring (bicyclic) bond motifs is 1. The van der Waals surface area contributed by atoms with Crippen LogP contribution in [0.2, 0.25) is 0 Å². The van der Waals surface area contributed by atoms with Gasteiger partial charge in [0.15, 0.2) is 10.4 Å². The van der Waals surface area contributed by atoms with Crippen LogP contribution in [0, 0.1) is 6.92 Å². The number of aryl methyl sites for hydroxylation is 1. The maximum absolute atomic E-state index is 13.4. The van der Waals surface area contributed by atoms with Crippen LogP contribution in [0.4, 0.5) is 10.8 Å². The summed E-state index contributed by atoms with van der Waals surface area (Å²) in [6.07, 6.45) is 0.692. The van der Waals surface area contributed by atoms with Crippen LogP contribution in [-0.4, -0.2) is 42.9 Å². The van der Waals surface area contributed by atoms with Gasteiger partial charge in [-0.15, -0.1) is 16.8 Å². The lowest BCUT2D eigenvalue weighted by atomic mass is 10.1. The molecule has 2 aromatic carbocycles. The van der Waals surface area contributed by atoms with E-state index in [0.717, 1.165) is 5.56 Å². The number of carbonyl (C=O) groups excluding carboxylic acids is 1. The monoisotopic (exact) mass is 488 g/mol. The van der Waals surface area contributed by atoms with Gasteiger partial charge >= 0.3 is 0 Å². The van der Waals surface area contributed by atoms with Gasteiger partial charge in [0.05, 0.1) is 17.1 Å². The number of nitrogens with one attached hydrogen (secondary N) is 1. The number of thioether (sulfide) groups is 1. The zero-order valence-corrected chi connectivity index (χ0v) is 19.5. The molecule has 11 heteroatoms. The third-order valence-corrected chi connectivity index (χ3v) is 8.33. The third kappa shape index (κ3) is 4.64. The number of rotatable bonds is 7. The fourth-order valence-corrected chi connectivity index (χ4v) is 6.09. The van der Waals surface area contributed by atoms with Crippen molar-refractivity contribution in [3.63, 3.8) is 0 Å². The van der Waals surface area contributed by atoms with E-state index in [4.69, 9.17) is 4.74 Å². The lowest BCUT2D eigenvalue weighted by molar-refractivity contribution is -0.122. The number of benzene rings is 2. The van der Waals surface area contributed by atoms with Gasteiger partial charge in [0.2, 0.25) is 5.13 Å². The molecule has 0 saturated heterocycles. The molecule has 1 aromatic heterocycles. The van der Waals surface area contributed by atoms with Gasteiger partial charge in [-0.2, -0.15) is 0 Å². The number of carbonyl (C=O) groups is 1. The molecule has 2 heterocycles. The van der Waals surface area contributed by atoms with Gasteiger partial charge in [-0.25, -0.2) is 8.42 Å². The molecule has 0 radical (unpaired) electrons. The molecule has 4 rings (SSSR count). The highest BCUT2D eigenvalue weighted by Crippen LogP contribution is 2.38. The molecule has 166 valence electrons. The molecule has 1 aliphatic rings. The lowest BCUT2D eigenvalue weighted by Gasteiger charge is -2.34. The summed E-state index contributed by atoms with van der Waals surface area (Å²) in [5.74, 6) is 0.508. The Hall–Kier alpha value is -2.89. The van der Waals surface area contributed by atoms with Crippen molar-refractivity contribution in [2.24, 2.45) is 0 Å². The Morgan fingerprint density at radius 1 is 1.31 bits per heavy atom. The van der Waals surface area contributed by atoms with Crippen LogP contribution < -0.4 is 14.4 Å². The minimum atomic E-state index is -3.90. The van der Waals surface area contributed by atoms with Crippen LogP contribution in [0.25, 0.3) is 0 Å². The first-order chi connectivity index (χ1) is 15.4. The molecule has 8 nitrogen and oxygen atoms in total. The molecule has 1 atom stereocenters. The molecule has 1 amide bonds. The molecule has 0 bridgehead atoms. The van der Waals surface area contributed by atoms with Crippen molar-refractivity contribution in [3.8, 4) is 5.75 Å². The summed E-state index contributed by atoms with van der Waals surface area (Å²) >= 11 is 2.68. The molecular weight excluding hydrogens is 468 g/mol. The smallest absolute Gasteiger partial charge is 0.269 e. The molecule has 0 spiro atoms. The van der Waals surface area contributed by atoms with E-state index in [2.05, 4.69) is 22.1 Å². The first-order valence-corrected chi connectivity index (χ1v) is 12.9. The van der Waals surface area contributed by atoms with E-state index in [1.54, 1.807) is 42.5 Å². The Morgan fingerprint density at radius 3 is 2.84 bits per heavy atom. The molecule has 1 aliphatic heterocycles. The Morgan fingerprint density at radius 2 is 2.09 bits per heavy atom. The number of ether oxygens (including phenoxy) is 1. The molecule has 32 heavy (non-hydrogen) atoms. The normalized spacial score (nSPS) is 15.5. The average Bonchev–Trinajstić information content (AvgIpc) is 3.24. The van der Waals surface area contributed by atoms with E-state index in [9.17, 15) is 13.2 Å². The first kappa shape index (κ1) is 22.3. The van der Waals surface area contributed by atoms with E-state index in [1.807, 2.05) is 6.92 Å². The SMILES string of the molecule is C=CCSc1nnc(NC(=O)[C@@H]2CN(S(=O)(=O)c3ccccc3)c3ccc(C)cc3O2)s1. The van der Waals surface area contributed by atoms with Crippen molar-refractivity contribution < 1.29 is 17.9 Å². The van der Waals surface area contributed by atoms with Gasteiger partial charge in [-0.1, -0.05) is 53.4 Å². The molecule has 3 aromatic rings. The topological polar surface area (TPSA) is 101 Å². The fraction of sp³-hybridized carbons (Fsp3) is 0.190. The van der Waals surface area contributed by atoms with Crippen molar-refractivity contribution in [1.82, 2.24) is 10.2 Å². The Bertz CT molecular complexity index is 1240. The summed E-state index contributed by atoms with van der Waals surface area (Å²) in [7, 11) is -3.90. The van der Waals surface area contributed by atoms with Gasteiger partial charge < -0.3 is 4.74 Å². The summed E-state index contributed by atoms with van der Waals surface area (Å²) in [4.78, 5) is 13.1. The molecule has 0 aliphatic carbocycles. The second-order valence-electron chi connectivity index (χ2n) is 6.89. The van der Waals surface area contributed by atoms with Crippen molar-refractivity contribution >= 4 is 49.8 Å². The number of nitrogens with zero attached hydrogens (tertiary/aromatic N) is 3. The maximum Gasteiger partial charge on any atom is 0.269 e. The van der Waals surface area contributed by atoms with Gasteiger partial charge in [0, 0.05) is 5.75 Å². The van der Waals surface area contributed by atoms with Crippen LogP contribution in [-0.2, 0) is 14.8 Å². The van der Waals surface area contributed by atoms with Crippen LogP contribution in [0.15, 0.2) is 70.4 Å². The molecular formula is C21H20N4O4S3. The maximum atomic E-state index is 13.4. The molecule has 0 saturated carbocycles. The second-order valence-corrected chi connectivity index (χ2v) is 11.0. The molecule has 1 N–H and O–H groups in total. The van der Waals surface area contributed by atoms with Crippen molar-refractivity contribution in [3.05, 3.63) is 66.7 Å². The quantitative estimate of drug-likeness (QED) is 0.307. The zero-order chi connectivity index (χ0) is 22.7. The van der Waals surface area contributed by atoms with Gasteiger partial charge in [-0.3, -0.25) is 14.4 Å². The summed E-state index contributed by atoms with van der Waals surface area (Å²) in [6, 6.07) is 13.3. The Labute approximate surface area is 194 Å². The predicted molar refractivity (Wildman–Crippen MR) is 126 cm³/mol. The third-order valence-electron chi connectivity index (χ3n) is 4.57. The zero-order valence-electron chi connectivity index (χ0n) is 17.1. The average molecular weight is 489 g/mol. The standard InChI is InChI=1S/C21H20N4O4S3/c1-3-11-30-21-24-23-20(31-21)22-19(26)18-13-25(16-10-9-14(2)12-17(16)29-18)32(27,28)15-7-5-4-6-8-15/h3-10,12,18H,1,11,13H2,2H3,(H,22,23,26)/t18-/m0/s1. The van der Waals surface area contributed by atoms with Gasteiger partial charge in [-0.05, 0) is 36.8 Å². The van der Waals surface area contributed by atoms with Crippen molar-refractivity contribution in [2.45, 2.75) is 22.3 Å². The fourth-order valence-electron chi connectivity index (χ4n) is 3.08. The Kier molecular flexibility index (Phi) is 6.49. The highest BCUT2D eigenvalue weighted by atomic mass is 32.2. The number of hydrogen-bond acceptors (Lipinski definition) is 8. The van der Waals surface area contributed by atoms with E-state index in [0.29, 0.717) is 26.7 Å². The second kappa shape index (κ2) is 9.31.